The molecule has 100 valence electrons. The van der Waals surface area contributed by atoms with Crippen LogP contribution in [0.5, 0.6) is 0 Å². The maximum atomic E-state index is 5.86. The highest BCUT2D eigenvalue weighted by molar-refractivity contribution is 7.80. The van der Waals surface area contributed by atoms with Crippen molar-refractivity contribution < 1.29 is 0 Å². The fourth-order valence-electron chi connectivity index (χ4n) is 2.35. The van der Waals surface area contributed by atoms with E-state index in [9.17, 15) is 0 Å². The van der Waals surface area contributed by atoms with Crippen LogP contribution in [-0.4, -0.2) is 23.1 Å². The van der Waals surface area contributed by atoms with Crippen molar-refractivity contribution in [3.8, 4) is 0 Å². The number of benzene rings is 1. The minimum Gasteiger partial charge on any atom is -0.389 e. The fraction of sp³-hybridized carbons (Fsp3) is 0.333. The van der Waals surface area contributed by atoms with Crippen LogP contribution in [0.1, 0.15) is 25.8 Å². The van der Waals surface area contributed by atoms with Gasteiger partial charge >= 0.3 is 0 Å². The number of aromatic nitrogens is 1. The highest BCUT2D eigenvalue weighted by Gasteiger charge is 2.15. The lowest BCUT2D eigenvalue weighted by Gasteiger charge is -2.26. The Labute approximate surface area is 119 Å². The van der Waals surface area contributed by atoms with Crippen LogP contribution in [0.25, 0.3) is 10.9 Å². The largest absolute Gasteiger partial charge is 0.389 e. The Hall–Kier alpha value is -1.68. The van der Waals surface area contributed by atoms with Crippen molar-refractivity contribution in [3.05, 3.63) is 36.0 Å². The van der Waals surface area contributed by atoms with Gasteiger partial charge in [0.2, 0.25) is 0 Å². The number of nitrogens with zero attached hydrogens (tertiary/aromatic N) is 2. The molecule has 19 heavy (non-hydrogen) atoms. The van der Waals surface area contributed by atoms with Crippen LogP contribution in [0.3, 0.4) is 0 Å². The third-order valence-corrected chi connectivity index (χ3v) is 3.42. The molecule has 3 nitrogen and oxygen atoms in total. The molecule has 0 saturated carbocycles. The van der Waals surface area contributed by atoms with Gasteiger partial charge < -0.3 is 10.6 Å². The molecule has 0 aliphatic carbocycles. The van der Waals surface area contributed by atoms with Crippen molar-refractivity contribution in [2.24, 2.45) is 5.73 Å². The van der Waals surface area contributed by atoms with Crippen LogP contribution in [0, 0.1) is 0 Å². The molecule has 0 saturated heterocycles. The monoisotopic (exact) mass is 273 g/mol. The molecular formula is C15H19N3S. The third-order valence-electron chi connectivity index (χ3n) is 3.20. The van der Waals surface area contributed by atoms with Crippen LogP contribution in [0.2, 0.25) is 0 Å². The number of thiocarbonyl (C=S) groups is 1. The summed E-state index contributed by atoms with van der Waals surface area (Å²) in [5.41, 5.74) is 8.82. The lowest BCUT2D eigenvalue weighted by atomic mass is 10.1. The number of nitrogens with two attached hydrogens (primary N) is 1. The summed E-state index contributed by atoms with van der Waals surface area (Å²) in [7, 11) is 0. The van der Waals surface area contributed by atoms with E-state index in [0.717, 1.165) is 41.7 Å². The summed E-state index contributed by atoms with van der Waals surface area (Å²) in [4.78, 5) is 7.17. The first-order valence-corrected chi connectivity index (χ1v) is 7.02. The maximum absolute atomic E-state index is 5.86. The average molecular weight is 273 g/mol. The molecule has 4 heteroatoms. The van der Waals surface area contributed by atoms with E-state index < -0.39 is 0 Å². The molecule has 0 fully saturated rings. The van der Waals surface area contributed by atoms with E-state index in [2.05, 4.69) is 29.8 Å². The summed E-state index contributed by atoms with van der Waals surface area (Å²) >= 11 is 5.17. The quantitative estimate of drug-likeness (QED) is 0.850. The highest BCUT2D eigenvalue weighted by atomic mass is 32.1. The Kier molecular flexibility index (Phi) is 4.32. The molecule has 0 atom stereocenters. The number of fused-ring (bicyclic) bond motifs is 1. The van der Waals surface area contributed by atoms with E-state index in [-0.39, 0.29) is 0 Å². The first kappa shape index (κ1) is 13.7. The van der Waals surface area contributed by atoms with E-state index in [1.54, 1.807) is 6.20 Å². The number of anilines is 1. The van der Waals surface area contributed by atoms with Crippen LogP contribution >= 0.6 is 12.2 Å². The predicted molar refractivity (Wildman–Crippen MR) is 85.8 cm³/mol. The summed E-state index contributed by atoms with van der Waals surface area (Å²) in [5.74, 6) is 0. The molecule has 2 rings (SSSR count). The second kappa shape index (κ2) is 5.97. The molecule has 0 aliphatic rings. The second-order valence-corrected chi connectivity index (χ2v) is 4.92. The van der Waals surface area contributed by atoms with Crippen LogP contribution in [-0.2, 0) is 0 Å². The highest BCUT2D eigenvalue weighted by Crippen LogP contribution is 2.29. The predicted octanol–water partition coefficient (Wildman–Crippen LogP) is 3.11. The van der Waals surface area contributed by atoms with Crippen molar-refractivity contribution >= 4 is 33.8 Å². The van der Waals surface area contributed by atoms with Gasteiger partial charge in [0.15, 0.2) is 0 Å². The minimum atomic E-state index is 0.405. The first-order valence-electron chi connectivity index (χ1n) is 6.61. The molecular weight excluding hydrogens is 254 g/mol. The maximum Gasteiger partial charge on any atom is 0.107 e. The van der Waals surface area contributed by atoms with Crippen LogP contribution in [0.15, 0.2) is 30.5 Å². The second-order valence-electron chi connectivity index (χ2n) is 4.48. The van der Waals surface area contributed by atoms with Gasteiger partial charge in [0.25, 0.3) is 0 Å². The van der Waals surface area contributed by atoms with Crippen LogP contribution < -0.4 is 10.6 Å². The van der Waals surface area contributed by atoms with Gasteiger partial charge in [-0.3, -0.25) is 4.98 Å². The lowest BCUT2D eigenvalue weighted by molar-refractivity contribution is 0.793. The summed E-state index contributed by atoms with van der Waals surface area (Å²) < 4.78 is 0. The number of rotatable bonds is 5. The molecule has 0 spiro atoms. The molecule has 2 aromatic rings. The standard InChI is InChI=1S/C15H19N3S/c1-3-9-18(4-2)14-11-7-5-6-8-13(11)17-10-12(14)15(16)19/h5-8,10H,3-4,9H2,1-2H3,(H2,16,19). The van der Waals surface area contributed by atoms with Gasteiger partial charge in [-0.15, -0.1) is 0 Å². The Morgan fingerprint density at radius 2 is 2.05 bits per heavy atom. The molecule has 0 unspecified atom stereocenters. The van der Waals surface area contributed by atoms with Gasteiger partial charge in [0.1, 0.15) is 4.99 Å². The van der Waals surface area contributed by atoms with E-state index in [0.29, 0.717) is 4.99 Å². The number of pyridine rings is 1. The topological polar surface area (TPSA) is 42.1 Å². The molecule has 0 bridgehead atoms. The average Bonchev–Trinajstić information content (AvgIpc) is 2.43. The van der Waals surface area contributed by atoms with Gasteiger partial charge in [-0.2, -0.15) is 0 Å². The van der Waals surface area contributed by atoms with E-state index in [4.69, 9.17) is 18.0 Å². The molecule has 0 aliphatic heterocycles. The fourth-order valence-corrected chi connectivity index (χ4v) is 2.50. The Bertz CT molecular complexity index is 595. The number of para-hydroxylation sites is 1. The normalized spacial score (nSPS) is 10.6. The third kappa shape index (κ3) is 2.68. The summed E-state index contributed by atoms with van der Waals surface area (Å²) in [6.45, 7) is 6.23. The zero-order valence-electron chi connectivity index (χ0n) is 11.4. The molecule has 2 N–H and O–H groups in total. The van der Waals surface area contributed by atoms with Crippen molar-refractivity contribution in [1.82, 2.24) is 4.98 Å². The van der Waals surface area contributed by atoms with Crippen molar-refractivity contribution in [3.63, 3.8) is 0 Å². The molecule has 1 aromatic carbocycles. The van der Waals surface area contributed by atoms with Crippen molar-refractivity contribution in [1.29, 1.82) is 0 Å². The van der Waals surface area contributed by atoms with Crippen molar-refractivity contribution in [2.75, 3.05) is 18.0 Å². The van der Waals surface area contributed by atoms with Gasteiger partial charge in [0.05, 0.1) is 16.8 Å². The zero-order valence-corrected chi connectivity index (χ0v) is 12.2. The molecule has 0 amide bonds. The SMILES string of the molecule is CCCN(CC)c1c(C(N)=S)cnc2ccccc12. The van der Waals surface area contributed by atoms with Crippen molar-refractivity contribution in [2.45, 2.75) is 20.3 Å². The number of hydrogen-bond acceptors (Lipinski definition) is 3. The Morgan fingerprint density at radius 1 is 1.32 bits per heavy atom. The van der Waals surface area contributed by atoms with E-state index in [1.165, 1.54) is 0 Å². The molecule has 1 aromatic heterocycles. The number of hydrogen-bond donors (Lipinski definition) is 1. The van der Waals surface area contributed by atoms with Gasteiger partial charge in [-0.25, -0.2) is 0 Å². The zero-order chi connectivity index (χ0) is 13.8. The Balaban J connectivity index is 2.71. The van der Waals surface area contributed by atoms with Crippen LogP contribution in [0.4, 0.5) is 5.69 Å². The van der Waals surface area contributed by atoms with E-state index in [1.807, 2.05) is 18.2 Å². The van der Waals surface area contributed by atoms with Gasteiger partial charge in [-0.05, 0) is 19.4 Å². The summed E-state index contributed by atoms with van der Waals surface area (Å²) in [5, 5.41) is 1.11. The van der Waals surface area contributed by atoms with Gasteiger partial charge in [0, 0.05) is 24.7 Å². The molecule has 1 heterocycles. The molecule has 0 radical (unpaired) electrons. The smallest absolute Gasteiger partial charge is 0.107 e. The summed E-state index contributed by atoms with van der Waals surface area (Å²) in [6, 6.07) is 8.12. The Morgan fingerprint density at radius 3 is 2.68 bits per heavy atom. The summed E-state index contributed by atoms with van der Waals surface area (Å²) in [6.07, 6.45) is 2.87. The van der Waals surface area contributed by atoms with Gasteiger partial charge in [-0.1, -0.05) is 37.3 Å². The lowest BCUT2D eigenvalue weighted by Crippen LogP contribution is -2.27. The van der Waals surface area contributed by atoms with E-state index >= 15 is 0 Å². The first-order chi connectivity index (χ1) is 9.19. The minimum absolute atomic E-state index is 0.405.